The van der Waals surface area contributed by atoms with Crippen molar-refractivity contribution >= 4 is 17.9 Å². The quantitative estimate of drug-likeness (QED) is 0.574. The maximum Gasteiger partial charge on any atom is 0.244 e. The maximum atomic E-state index is 11.5. The molecule has 1 rings (SSSR count). The van der Waals surface area contributed by atoms with Crippen LogP contribution < -0.4 is 10.6 Å². The maximum absolute atomic E-state index is 11.5. The SMILES string of the molecule is COCCNC(=O)CNC(=O)/C=C/c1ccc(C)cc1. The van der Waals surface area contributed by atoms with E-state index in [2.05, 4.69) is 10.6 Å². The summed E-state index contributed by atoms with van der Waals surface area (Å²) in [6.07, 6.45) is 3.12. The minimum absolute atomic E-state index is 0.0409. The molecule has 5 nitrogen and oxygen atoms in total. The van der Waals surface area contributed by atoms with E-state index in [1.54, 1.807) is 13.2 Å². The number of ether oxygens (including phenoxy) is 1. The van der Waals surface area contributed by atoms with E-state index in [0.717, 1.165) is 5.56 Å². The standard InChI is InChI=1S/C15H20N2O3/c1-12-3-5-13(6-4-12)7-8-14(18)17-11-15(19)16-9-10-20-2/h3-8H,9-11H2,1-2H3,(H,16,19)(H,17,18)/b8-7+. The highest BCUT2D eigenvalue weighted by Gasteiger charge is 2.01. The van der Waals surface area contributed by atoms with Gasteiger partial charge in [-0.15, -0.1) is 0 Å². The Morgan fingerprint density at radius 2 is 1.90 bits per heavy atom. The molecule has 1 aromatic rings. The summed E-state index contributed by atoms with van der Waals surface area (Å²) < 4.78 is 4.80. The zero-order valence-electron chi connectivity index (χ0n) is 11.8. The Labute approximate surface area is 119 Å². The molecule has 1 aromatic carbocycles. The highest BCUT2D eigenvalue weighted by Crippen LogP contribution is 2.04. The molecule has 2 amide bonds. The molecule has 0 saturated carbocycles. The third kappa shape index (κ3) is 6.70. The number of carbonyl (C=O) groups is 2. The van der Waals surface area contributed by atoms with Gasteiger partial charge < -0.3 is 15.4 Å². The summed E-state index contributed by atoms with van der Waals surface area (Å²) in [4.78, 5) is 22.8. The van der Waals surface area contributed by atoms with Crippen molar-refractivity contribution < 1.29 is 14.3 Å². The molecule has 0 bridgehead atoms. The van der Waals surface area contributed by atoms with Gasteiger partial charge in [-0.05, 0) is 18.6 Å². The zero-order chi connectivity index (χ0) is 14.8. The molecule has 0 atom stereocenters. The second kappa shape index (κ2) is 8.87. The lowest BCUT2D eigenvalue weighted by Crippen LogP contribution is -2.37. The predicted octanol–water partition coefficient (Wildman–Crippen LogP) is 0.887. The third-order valence-electron chi connectivity index (χ3n) is 2.56. The average molecular weight is 276 g/mol. The second-order valence-electron chi connectivity index (χ2n) is 4.30. The first-order valence-electron chi connectivity index (χ1n) is 6.40. The number of carbonyl (C=O) groups excluding carboxylic acids is 2. The van der Waals surface area contributed by atoms with Gasteiger partial charge in [-0.25, -0.2) is 0 Å². The first-order chi connectivity index (χ1) is 9.61. The van der Waals surface area contributed by atoms with E-state index in [1.165, 1.54) is 11.6 Å². The van der Waals surface area contributed by atoms with Crippen molar-refractivity contribution in [1.29, 1.82) is 0 Å². The molecule has 0 aliphatic carbocycles. The van der Waals surface area contributed by atoms with Gasteiger partial charge >= 0.3 is 0 Å². The van der Waals surface area contributed by atoms with Crippen LogP contribution in [0.5, 0.6) is 0 Å². The molecule has 0 saturated heterocycles. The van der Waals surface area contributed by atoms with Crippen LogP contribution in [-0.2, 0) is 14.3 Å². The van der Waals surface area contributed by atoms with Crippen LogP contribution in [0.1, 0.15) is 11.1 Å². The smallest absolute Gasteiger partial charge is 0.244 e. The van der Waals surface area contributed by atoms with Crippen LogP contribution in [0, 0.1) is 6.92 Å². The van der Waals surface area contributed by atoms with Gasteiger partial charge in [-0.1, -0.05) is 29.8 Å². The summed E-state index contributed by atoms with van der Waals surface area (Å²) in [5.74, 6) is -0.536. The Morgan fingerprint density at radius 3 is 2.55 bits per heavy atom. The van der Waals surface area contributed by atoms with Gasteiger partial charge in [0.05, 0.1) is 13.2 Å². The molecule has 0 radical (unpaired) electrons. The zero-order valence-corrected chi connectivity index (χ0v) is 11.8. The molecule has 2 N–H and O–H groups in total. The van der Waals surface area contributed by atoms with Crippen molar-refractivity contribution in [3.63, 3.8) is 0 Å². The molecule has 5 heteroatoms. The molecular weight excluding hydrogens is 256 g/mol. The Balaban J connectivity index is 2.29. The number of hydrogen-bond donors (Lipinski definition) is 2. The number of rotatable bonds is 7. The summed E-state index contributed by atoms with van der Waals surface area (Å²) in [7, 11) is 1.56. The van der Waals surface area contributed by atoms with Crippen LogP contribution in [0.2, 0.25) is 0 Å². The lowest BCUT2D eigenvalue weighted by molar-refractivity contribution is -0.124. The van der Waals surface area contributed by atoms with Gasteiger partial charge in [0.15, 0.2) is 0 Å². The molecule has 0 unspecified atom stereocenters. The third-order valence-corrected chi connectivity index (χ3v) is 2.56. The van der Waals surface area contributed by atoms with Crippen molar-refractivity contribution in [3.8, 4) is 0 Å². The van der Waals surface area contributed by atoms with E-state index in [-0.39, 0.29) is 18.4 Å². The Kier molecular flexibility index (Phi) is 7.06. The summed E-state index contributed by atoms with van der Waals surface area (Å²) >= 11 is 0. The number of methoxy groups -OCH3 is 1. The van der Waals surface area contributed by atoms with E-state index in [1.807, 2.05) is 31.2 Å². The fraction of sp³-hybridized carbons (Fsp3) is 0.333. The fourth-order valence-electron chi connectivity index (χ4n) is 1.43. The molecular formula is C15H20N2O3. The minimum Gasteiger partial charge on any atom is -0.383 e. The lowest BCUT2D eigenvalue weighted by atomic mass is 10.1. The molecule has 0 fully saturated rings. The first kappa shape index (κ1) is 15.9. The van der Waals surface area contributed by atoms with E-state index < -0.39 is 0 Å². The molecule has 0 aliphatic rings. The van der Waals surface area contributed by atoms with Crippen LogP contribution >= 0.6 is 0 Å². The van der Waals surface area contributed by atoms with Crippen LogP contribution in [-0.4, -0.2) is 38.6 Å². The Morgan fingerprint density at radius 1 is 1.20 bits per heavy atom. The number of hydrogen-bond acceptors (Lipinski definition) is 3. The topological polar surface area (TPSA) is 67.4 Å². The second-order valence-corrected chi connectivity index (χ2v) is 4.30. The van der Waals surface area contributed by atoms with E-state index >= 15 is 0 Å². The highest BCUT2D eigenvalue weighted by molar-refractivity contribution is 5.94. The number of nitrogens with one attached hydrogen (secondary N) is 2. The summed E-state index contributed by atoms with van der Waals surface area (Å²) in [6.45, 7) is 2.85. The van der Waals surface area contributed by atoms with Gasteiger partial charge in [0.1, 0.15) is 0 Å². The van der Waals surface area contributed by atoms with Crippen molar-refractivity contribution in [2.45, 2.75) is 6.92 Å². The fourth-order valence-corrected chi connectivity index (χ4v) is 1.43. The average Bonchev–Trinajstić information content (AvgIpc) is 2.45. The molecule has 0 aliphatic heterocycles. The largest absolute Gasteiger partial charge is 0.383 e. The van der Waals surface area contributed by atoms with Crippen molar-refractivity contribution in [2.24, 2.45) is 0 Å². The van der Waals surface area contributed by atoms with Gasteiger partial charge in [0.25, 0.3) is 0 Å². The van der Waals surface area contributed by atoms with Gasteiger partial charge in [-0.2, -0.15) is 0 Å². The molecule has 108 valence electrons. The molecule has 0 spiro atoms. The van der Waals surface area contributed by atoms with E-state index in [0.29, 0.717) is 13.2 Å². The monoisotopic (exact) mass is 276 g/mol. The summed E-state index contributed by atoms with van der Waals surface area (Å²) in [6, 6.07) is 7.80. The minimum atomic E-state index is -0.299. The van der Waals surface area contributed by atoms with Gasteiger partial charge in [0, 0.05) is 19.7 Å². The normalized spacial score (nSPS) is 10.5. The van der Waals surface area contributed by atoms with Crippen molar-refractivity contribution in [2.75, 3.05) is 26.8 Å². The number of aryl methyl sites for hydroxylation is 1. The van der Waals surface area contributed by atoms with Crippen LogP contribution in [0.3, 0.4) is 0 Å². The van der Waals surface area contributed by atoms with Crippen molar-refractivity contribution in [1.82, 2.24) is 10.6 Å². The van der Waals surface area contributed by atoms with Crippen LogP contribution in [0.4, 0.5) is 0 Å². The van der Waals surface area contributed by atoms with E-state index in [9.17, 15) is 9.59 Å². The summed E-state index contributed by atoms with van der Waals surface area (Å²) in [5.41, 5.74) is 2.11. The highest BCUT2D eigenvalue weighted by atomic mass is 16.5. The van der Waals surface area contributed by atoms with Crippen molar-refractivity contribution in [3.05, 3.63) is 41.5 Å². The van der Waals surface area contributed by atoms with E-state index in [4.69, 9.17) is 4.74 Å². The van der Waals surface area contributed by atoms with Gasteiger partial charge in [-0.3, -0.25) is 9.59 Å². The van der Waals surface area contributed by atoms with Crippen LogP contribution in [0.25, 0.3) is 6.08 Å². The Bertz CT molecular complexity index is 467. The van der Waals surface area contributed by atoms with Gasteiger partial charge in [0.2, 0.25) is 11.8 Å². The summed E-state index contributed by atoms with van der Waals surface area (Å²) in [5, 5.41) is 5.13. The van der Waals surface area contributed by atoms with Crippen LogP contribution in [0.15, 0.2) is 30.3 Å². The lowest BCUT2D eigenvalue weighted by Gasteiger charge is -2.04. The molecule has 20 heavy (non-hydrogen) atoms. The Hall–Kier alpha value is -2.14. The molecule has 0 aromatic heterocycles. The predicted molar refractivity (Wildman–Crippen MR) is 78.1 cm³/mol. The molecule has 0 heterocycles. The number of benzene rings is 1. The first-order valence-corrected chi connectivity index (χ1v) is 6.40. The number of amides is 2.